The van der Waals surface area contributed by atoms with E-state index < -0.39 is 5.41 Å². The van der Waals surface area contributed by atoms with Crippen LogP contribution in [0.1, 0.15) is 72.8 Å². The molecule has 0 amide bonds. The van der Waals surface area contributed by atoms with E-state index in [0.29, 0.717) is 13.0 Å². The van der Waals surface area contributed by atoms with Gasteiger partial charge >= 0.3 is 5.97 Å². The van der Waals surface area contributed by atoms with Gasteiger partial charge in [0.25, 0.3) is 0 Å². The summed E-state index contributed by atoms with van der Waals surface area (Å²) in [6.07, 6.45) is 4.07. The quantitative estimate of drug-likeness (QED) is 0.463. The Kier molecular flexibility index (Phi) is 8.34. The molecular formula is C23H38O4. The summed E-state index contributed by atoms with van der Waals surface area (Å²) in [4.78, 5) is 13.4. The lowest BCUT2D eigenvalue weighted by Crippen LogP contribution is -2.54. The number of carbonyl (C=O) groups excluding carboxylic acids is 1. The molecule has 0 saturated heterocycles. The predicted molar refractivity (Wildman–Crippen MR) is 110 cm³/mol. The Morgan fingerprint density at radius 2 is 1.41 bits per heavy atom. The molecule has 0 saturated carbocycles. The number of phenolic OH excluding ortho intramolecular Hbond substituents is 1. The van der Waals surface area contributed by atoms with Crippen LogP contribution < -0.4 is 0 Å². The topological polar surface area (TPSA) is 66.8 Å². The van der Waals surface area contributed by atoms with Gasteiger partial charge in [0.15, 0.2) is 0 Å². The van der Waals surface area contributed by atoms with Gasteiger partial charge in [0.1, 0.15) is 5.75 Å². The maximum Gasteiger partial charge on any atom is 0.313 e. The number of aromatic hydroxyl groups is 1. The number of aliphatic hydroxyl groups is 1. The summed E-state index contributed by atoms with van der Waals surface area (Å²) in [5.74, 6) is 0.0686. The van der Waals surface area contributed by atoms with Crippen molar-refractivity contribution in [2.75, 3.05) is 13.2 Å². The van der Waals surface area contributed by atoms with E-state index in [1.807, 2.05) is 12.1 Å². The van der Waals surface area contributed by atoms with Crippen molar-refractivity contribution in [2.24, 2.45) is 16.2 Å². The van der Waals surface area contributed by atoms with Crippen LogP contribution >= 0.6 is 0 Å². The molecule has 1 aromatic rings. The van der Waals surface area contributed by atoms with Gasteiger partial charge in [-0.2, -0.15) is 0 Å². The Labute approximate surface area is 164 Å². The van der Waals surface area contributed by atoms with E-state index in [-0.39, 0.29) is 29.2 Å². The average Bonchev–Trinajstić information content (AvgIpc) is 2.55. The third-order valence-electron chi connectivity index (χ3n) is 5.60. The first-order valence-electron chi connectivity index (χ1n) is 10.0. The van der Waals surface area contributed by atoms with Crippen molar-refractivity contribution in [3.63, 3.8) is 0 Å². The number of carbonyl (C=O) groups is 1. The number of aliphatic hydroxyl groups excluding tert-OH is 1. The van der Waals surface area contributed by atoms with Crippen molar-refractivity contribution in [2.45, 2.75) is 73.6 Å². The molecule has 1 aromatic carbocycles. The van der Waals surface area contributed by atoms with Crippen LogP contribution in [0.15, 0.2) is 24.3 Å². The lowest BCUT2D eigenvalue weighted by Gasteiger charge is -2.51. The van der Waals surface area contributed by atoms with Gasteiger partial charge < -0.3 is 14.9 Å². The van der Waals surface area contributed by atoms with E-state index in [9.17, 15) is 9.90 Å². The second kappa shape index (κ2) is 9.59. The SMILES string of the molecule is CC(C)(C)C(Cc1ccc(O)cc1)(C(=O)OCCCCCCO)C(C)(C)C. The summed E-state index contributed by atoms with van der Waals surface area (Å²) >= 11 is 0. The summed E-state index contributed by atoms with van der Waals surface area (Å²) < 4.78 is 5.79. The number of unbranched alkanes of at least 4 members (excludes halogenated alkanes) is 3. The van der Waals surface area contributed by atoms with E-state index in [4.69, 9.17) is 9.84 Å². The van der Waals surface area contributed by atoms with Crippen molar-refractivity contribution < 1.29 is 19.7 Å². The highest BCUT2D eigenvalue weighted by atomic mass is 16.5. The van der Waals surface area contributed by atoms with Gasteiger partial charge in [0.2, 0.25) is 0 Å². The van der Waals surface area contributed by atoms with E-state index in [1.165, 1.54) is 0 Å². The number of hydrogen-bond acceptors (Lipinski definition) is 4. The van der Waals surface area contributed by atoms with E-state index >= 15 is 0 Å². The summed E-state index contributed by atoms with van der Waals surface area (Å²) in [6, 6.07) is 7.09. The molecule has 0 bridgehead atoms. The second-order valence-electron chi connectivity index (χ2n) is 9.52. The number of hydrogen-bond donors (Lipinski definition) is 2. The highest BCUT2D eigenvalue weighted by Crippen LogP contribution is 2.54. The van der Waals surface area contributed by atoms with Gasteiger partial charge in [0.05, 0.1) is 12.0 Å². The maximum atomic E-state index is 13.4. The highest BCUT2D eigenvalue weighted by molar-refractivity contribution is 5.79. The molecule has 0 aliphatic carbocycles. The molecule has 4 heteroatoms. The normalized spacial score (nSPS) is 12.9. The fourth-order valence-corrected chi connectivity index (χ4v) is 4.12. The average molecular weight is 379 g/mol. The minimum Gasteiger partial charge on any atom is -0.508 e. The molecule has 1 rings (SSSR count). The lowest BCUT2D eigenvalue weighted by atomic mass is 9.52. The van der Waals surface area contributed by atoms with Gasteiger partial charge in [-0.3, -0.25) is 4.79 Å². The zero-order chi connectivity index (χ0) is 20.7. The van der Waals surface area contributed by atoms with Crippen molar-refractivity contribution in [1.82, 2.24) is 0 Å². The Bertz CT molecular complexity index is 562. The minimum absolute atomic E-state index is 0.155. The van der Waals surface area contributed by atoms with Crippen LogP contribution in [0, 0.1) is 16.2 Å². The fourth-order valence-electron chi connectivity index (χ4n) is 4.12. The van der Waals surface area contributed by atoms with Crippen molar-refractivity contribution >= 4 is 5.97 Å². The van der Waals surface area contributed by atoms with Crippen LogP contribution in [0.4, 0.5) is 0 Å². The van der Waals surface area contributed by atoms with Gasteiger partial charge in [-0.15, -0.1) is 0 Å². The summed E-state index contributed by atoms with van der Waals surface area (Å²) in [7, 11) is 0. The van der Waals surface area contributed by atoms with E-state index in [2.05, 4.69) is 41.5 Å². The summed E-state index contributed by atoms with van der Waals surface area (Å²) in [5.41, 5.74) is -0.312. The van der Waals surface area contributed by atoms with Crippen LogP contribution in [0.5, 0.6) is 5.75 Å². The first kappa shape index (κ1) is 23.5. The van der Waals surface area contributed by atoms with Gasteiger partial charge in [-0.25, -0.2) is 0 Å². The molecule has 0 aromatic heterocycles. The molecule has 0 aliphatic rings. The van der Waals surface area contributed by atoms with Crippen LogP contribution in [-0.2, 0) is 16.0 Å². The smallest absolute Gasteiger partial charge is 0.313 e. The highest BCUT2D eigenvalue weighted by Gasteiger charge is 2.57. The maximum absolute atomic E-state index is 13.4. The van der Waals surface area contributed by atoms with Gasteiger partial charge in [-0.1, -0.05) is 60.1 Å². The molecule has 0 unspecified atom stereocenters. The Hall–Kier alpha value is -1.55. The fraction of sp³-hybridized carbons (Fsp3) is 0.696. The molecule has 2 N–H and O–H groups in total. The number of rotatable bonds is 9. The van der Waals surface area contributed by atoms with Crippen LogP contribution in [0.25, 0.3) is 0 Å². The molecule has 0 atom stereocenters. The minimum atomic E-state index is -0.706. The summed E-state index contributed by atoms with van der Waals surface area (Å²) in [5, 5.41) is 18.4. The van der Waals surface area contributed by atoms with E-state index in [0.717, 1.165) is 31.2 Å². The number of ether oxygens (including phenoxy) is 1. The molecule has 27 heavy (non-hydrogen) atoms. The second-order valence-corrected chi connectivity index (χ2v) is 9.52. The number of benzene rings is 1. The predicted octanol–water partition coefficient (Wildman–Crippen LogP) is 5.11. The lowest BCUT2D eigenvalue weighted by molar-refractivity contribution is -0.175. The summed E-state index contributed by atoms with van der Waals surface area (Å²) in [6.45, 7) is 13.2. The molecule has 0 radical (unpaired) electrons. The van der Waals surface area contributed by atoms with Crippen LogP contribution in [-0.4, -0.2) is 29.4 Å². The standard InChI is InChI=1S/C23H38O4/c1-21(2,3)23(22(4,5)6,17-18-11-13-19(25)14-12-18)20(26)27-16-10-8-7-9-15-24/h11-14,24-25H,7-10,15-17H2,1-6H3. The molecule has 0 spiro atoms. The molecule has 4 nitrogen and oxygen atoms in total. The Balaban J connectivity index is 3.05. The third-order valence-corrected chi connectivity index (χ3v) is 5.60. The third kappa shape index (κ3) is 5.97. The van der Waals surface area contributed by atoms with Crippen LogP contribution in [0.2, 0.25) is 0 Å². The van der Waals surface area contributed by atoms with Crippen molar-refractivity contribution in [3.05, 3.63) is 29.8 Å². The Morgan fingerprint density at radius 3 is 1.89 bits per heavy atom. The largest absolute Gasteiger partial charge is 0.508 e. The van der Waals surface area contributed by atoms with Gasteiger partial charge in [0, 0.05) is 6.61 Å². The molecule has 0 aliphatic heterocycles. The van der Waals surface area contributed by atoms with E-state index in [1.54, 1.807) is 12.1 Å². The first-order valence-corrected chi connectivity index (χ1v) is 10.0. The van der Waals surface area contributed by atoms with Crippen molar-refractivity contribution in [3.8, 4) is 5.75 Å². The first-order chi connectivity index (χ1) is 12.5. The molecule has 154 valence electrons. The Morgan fingerprint density at radius 1 is 0.889 bits per heavy atom. The monoisotopic (exact) mass is 378 g/mol. The zero-order valence-corrected chi connectivity index (χ0v) is 18.0. The molecular weight excluding hydrogens is 340 g/mol. The molecule has 0 heterocycles. The number of esters is 1. The molecule has 0 fully saturated rings. The van der Waals surface area contributed by atoms with Crippen molar-refractivity contribution in [1.29, 1.82) is 0 Å². The number of phenols is 1. The zero-order valence-electron chi connectivity index (χ0n) is 18.0. The van der Waals surface area contributed by atoms with Crippen LogP contribution in [0.3, 0.4) is 0 Å². The van der Waals surface area contributed by atoms with Gasteiger partial charge in [-0.05, 0) is 54.2 Å².